The molecule has 3 rings (SSSR count). The number of benzene rings is 1. The molecule has 5 nitrogen and oxygen atoms in total. The number of aromatic carboxylic acids is 1. The van der Waals surface area contributed by atoms with Crippen molar-refractivity contribution in [1.82, 2.24) is 9.88 Å². The largest absolute Gasteiger partial charge is 0.478 e. The van der Waals surface area contributed by atoms with Gasteiger partial charge in [0.05, 0.1) is 0 Å². The zero-order chi connectivity index (χ0) is 16.9. The lowest BCUT2D eigenvalue weighted by Crippen LogP contribution is -2.37. The molecule has 0 aliphatic carbocycles. The highest BCUT2D eigenvalue weighted by Crippen LogP contribution is 2.25. The molecule has 1 aromatic carbocycles. The molecule has 0 unspecified atom stereocenters. The topological polar surface area (TPSA) is 56.7 Å². The molecule has 1 N–H and O–H groups in total. The summed E-state index contributed by atoms with van der Waals surface area (Å²) in [5, 5.41) is 9.37. The monoisotopic (exact) mass is 325 g/mol. The van der Waals surface area contributed by atoms with E-state index in [1.165, 1.54) is 5.56 Å². The minimum absolute atomic E-state index is 0.282. The average molecular weight is 325 g/mol. The summed E-state index contributed by atoms with van der Waals surface area (Å²) >= 11 is 0. The van der Waals surface area contributed by atoms with Crippen LogP contribution in [-0.4, -0.2) is 46.6 Å². The van der Waals surface area contributed by atoms with E-state index >= 15 is 0 Å². The predicted octanol–water partition coefficient (Wildman–Crippen LogP) is 2.88. The van der Waals surface area contributed by atoms with Crippen molar-refractivity contribution in [2.75, 3.05) is 24.5 Å². The van der Waals surface area contributed by atoms with E-state index in [2.05, 4.69) is 46.0 Å². The first kappa shape index (κ1) is 16.5. The Kier molecular flexibility index (Phi) is 5.11. The molecule has 2 aromatic rings. The number of carbonyl (C=O) groups is 1. The number of pyridine rings is 1. The van der Waals surface area contributed by atoms with E-state index in [4.69, 9.17) is 0 Å². The smallest absolute Gasteiger partial charge is 0.339 e. The predicted molar refractivity (Wildman–Crippen MR) is 94.3 cm³/mol. The Labute approximate surface area is 142 Å². The summed E-state index contributed by atoms with van der Waals surface area (Å²) in [7, 11) is 0. The molecule has 126 valence electrons. The van der Waals surface area contributed by atoms with Gasteiger partial charge in [-0.1, -0.05) is 37.3 Å². The maximum absolute atomic E-state index is 11.4. The van der Waals surface area contributed by atoms with Crippen molar-refractivity contribution in [1.29, 1.82) is 0 Å². The van der Waals surface area contributed by atoms with E-state index in [1.54, 1.807) is 18.3 Å². The molecule has 0 radical (unpaired) electrons. The second-order valence-electron chi connectivity index (χ2n) is 6.12. The molecule has 1 aliphatic heterocycles. The van der Waals surface area contributed by atoms with Crippen molar-refractivity contribution in [2.45, 2.75) is 25.9 Å². The quantitative estimate of drug-likeness (QED) is 0.885. The zero-order valence-electron chi connectivity index (χ0n) is 13.9. The van der Waals surface area contributed by atoms with E-state index < -0.39 is 5.97 Å². The van der Waals surface area contributed by atoms with Gasteiger partial charge in [-0.25, -0.2) is 9.78 Å². The number of anilines is 1. The van der Waals surface area contributed by atoms with E-state index in [9.17, 15) is 9.90 Å². The van der Waals surface area contributed by atoms with Gasteiger partial charge in [0, 0.05) is 31.9 Å². The van der Waals surface area contributed by atoms with Crippen LogP contribution in [0.4, 0.5) is 5.82 Å². The molecule has 1 fully saturated rings. The van der Waals surface area contributed by atoms with Crippen LogP contribution in [0.3, 0.4) is 0 Å². The highest BCUT2D eigenvalue weighted by Gasteiger charge is 2.29. The fourth-order valence-electron chi connectivity index (χ4n) is 3.37. The van der Waals surface area contributed by atoms with Gasteiger partial charge in [-0.2, -0.15) is 0 Å². The third kappa shape index (κ3) is 3.57. The van der Waals surface area contributed by atoms with Crippen LogP contribution >= 0.6 is 0 Å². The van der Waals surface area contributed by atoms with E-state index in [1.807, 2.05) is 6.07 Å². The van der Waals surface area contributed by atoms with Crippen molar-refractivity contribution in [3.05, 3.63) is 59.8 Å². The Balaban J connectivity index is 1.71. The lowest BCUT2D eigenvalue weighted by Gasteiger charge is -2.28. The Hall–Kier alpha value is -2.40. The molecule has 0 saturated carbocycles. The van der Waals surface area contributed by atoms with Gasteiger partial charge in [0.15, 0.2) is 0 Å². The second kappa shape index (κ2) is 7.45. The molecule has 2 heterocycles. The molecular weight excluding hydrogens is 302 g/mol. The van der Waals surface area contributed by atoms with Gasteiger partial charge in [0.2, 0.25) is 0 Å². The van der Waals surface area contributed by atoms with Gasteiger partial charge in [-0.15, -0.1) is 0 Å². The first-order chi connectivity index (χ1) is 11.7. The highest BCUT2D eigenvalue weighted by molar-refractivity contribution is 5.93. The Morgan fingerprint density at radius 2 is 2.08 bits per heavy atom. The summed E-state index contributed by atoms with van der Waals surface area (Å²) in [6.45, 7) is 5.73. The normalized spacial score (nSPS) is 17.4. The summed E-state index contributed by atoms with van der Waals surface area (Å²) in [6.07, 6.45) is 2.69. The van der Waals surface area contributed by atoms with Gasteiger partial charge in [-0.3, -0.25) is 4.90 Å². The van der Waals surface area contributed by atoms with Crippen molar-refractivity contribution in [3.8, 4) is 0 Å². The van der Waals surface area contributed by atoms with Gasteiger partial charge in [0.1, 0.15) is 11.4 Å². The van der Waals surface area contributed by atoms with Crippen LogP contribution in [-0.2, 0) is 6.54 Å². The van der Waals surface area contributed by atoms with Crippen LogP contribution in [0.15, 0.2) is 48.7 Å². The van der Waals surface area contributed by atoms with Crippen LogP contribution in [0.25, 0.3) is 0 Å². The fourth-order valence-corrected chi connectivity index (χ4v) is 3.37. The lowest BCUT2D eigenvalue weighted by atomic mass is 10.1. The number of carboxylic acid groups (broad SMARTS) is 1. The van der Waals surface area contributed by atoms with E-state index in [0.717, 1.165) is 32.6 Å². The molecule has 1 aliphatic rings. The summed E-state index contributed by atoms with van der Waals surface area (Å²) in [5.74, 6) is -0.332. The number of nitrogens with zero attached hydrogens (tertiary/aromatic N) is 3. The SMILES string of the molecule is CCN(Cc1ccccc1)[C@@H]1CCN(c2ncccc2C(=O)O)C1. The minimum Gasteiger partial charge on any atom is -0.478 e. The molecule has 1 atom stereocenters. The van der Waals surface area contributed by atoms with Crippen LogP contribution in [0, 0.1) is 0 Å². The first-order valence-corrected chi connectivity index (χ1v) is 8.40. The van der Waals surface area contributed by atoms with Gasteiger partial charge in [0.25, 0.3) is 0 Å². The number of rotatable bonds is 6. The van der Waals surface area contributed by atoms with Crippen LogP contribution in [0.2, 0.25) is 0 Å². The Morgan fingerprint density at radius 3 is 2.79 bits per heavy atom. The summed E-state index contributed by atoms with van der Waals surface area (Å²) in [4.78, 5) is 20.3. The molecule has 0 amide bonds. The number of hydrogen-bond donors (Lipinski definition) is 1. The van der Waals surface area contributed by atoms with E-state index in [-0.39, 0.29) is 5.56 Å². The molecular formula is C19H23N3O2. The van der Waals surface area contributed by atoms with Crippen LogP contribution < -0.4 is 4.90 Å². The minimum atomic E-state index is -0.918. The third-order valence-electron chi connectivity index (χ3n) is 4.63. The van der Waals surface area contributed by atoms with Gasteiger partial charge >= 0.3 is 5.97 Å². The fraction of sp³-hybridized carbons (Fsp3) is 0.368. The molecule has 1 aromatic heterocycles. The summed E-state index contributed by atoms with van der Waals surface area (Å²) in [5.41, 5.74) is 1.59. The van der Waals surface area contributed by atoms with Crippen LogP contribution in [0.5, 0.6) is 0 Å². The van der Waals surface area contributed by atoms with Crippen molar-refractivity contribution < 1.29 is 9.90 Å². The van der Waals surface area contributed by atoms with Crippen molar-refractivity contribution >= 4 is 11.8 Å². The van der Waals surface area contributed by atoms with E-state index in [0.29, 0.717) is 11.9 Å². The van der Waals surface area contributed by atoms with Crippen molar-refractivity contribution in [2.24, 2.45) is 0 Å². The second-order valence-corrected chi connectivity index (χ2v) is 6.12. The molecule has 0 bridgehead atoms. The average Bonchev–Trinajstić information content (AvgIpc) is 3.10. The summed E-state index contributed by atoms with van der Waals surface area (Å²) in [6, 6.07) is 14.2. The Morgan fingerprint density at radius 1 is 1.29 bits per heavy atom. The maximum atomic E-state index is 11.4. The summed E-state index contributed by atoms with van der Waals surface area (Å²) < 4.78 is 0. The zero-order valence-corrected chi connectivity index (χ0v) is 13.9. The number of carboxylic acids is 1. The molecule has 0 spiro atoms. The van der Waals surface area contributed by atoms with Gasteiger partial charge in [-0.05, 0) is 30.7 Å². The highest BCUT2D eigenvalue weighted by atomic mass is 16.4. The molecule has 5 heteroatoms. The molecule has 24 heavy (non-hydrogen) atoms. The Bertz CT molecular complexity index is 690. The lowest BCUT2D eigenvalue weighted by molar-refractivity contribution is 0.0697. The van der Waals surface area contributed by atoms with Gasteiger partial charge < -0.3 is 10.0 Å². The number of aromatic nitrogens is 1. The number of likely N-dealkylation sites (N-methyl/N-ethyl adjacent to an activating group) is 1. The maximum Gasteiger partial charge on any atom is 0.339 e. The van der Waals surface area contributed by atoms with Crippen LogP contribution in [0.1, 0.15) is 29.3 Å². The number of hydrogen-bond acceptors (Lipinski definition) is 4. The molecule has 1 saturated heterocycles. The first-order valence-electron chi connectivity index (χ1n) is 8.40. The standard InChI is InChI=1S/C19H23N3O2/c1-2-21(13-15-7-4-3-5-8-15)16-10-12-22(14-16)18-17(19(23)24)9-6-11-20-18/h3-9,11,16H,2,10,12-14H2,1H3,(H,23,24)/t16-/m1/s1. The third-order valence-corrected chi connectivity index (χ3v) is 4.63. The van der Waals surface area contributed by atoms with Crippen molar-refractivity contribution in [3.63, 3.8) is 0 Å².